The standard InChI is InChI=1S/C14H21NO2/c1-10-5-6-11(17-2)12(13(10)16)14(9-15)7-3-4-8-14/h5-6,16H,3-4,7-9,15H2,1-2H3. The van der Waals surface area contributed by atoms with Crippen LogP contribution in [0, 0.1) is 6.92 Å². The Kier molecular flexibility index (Phi) is 3.29. The summed E-state index contributed by atoms with van der Waals surface area (Å²) in [5, 5.41) is 10.3. The van der Waals surface area contributed by atoms with Crippen LogP contribution < -0.4 is 10.5 Å². The van der Waals surface area contributed by atoms with Crippen molar-refractivity contribution in [2.24, 2.45) is 5.73 Å². The fraction of sp³-hybridized carbons (Fsp3) is 0.571. The Morgan fingerprint density at radius 3 is 2.53 bits per heavy atom. The SMILES string of the molecule is COc1ccc(C)c(O)c1C1(CN)CCCC1. The summed E-state index contributed by atoms with van der Waals surface area (Å²) in [5.74, 6) is 1.12. The Morgan fingerprint density at radius 1 is 1.35 bits per heavy atom. The second-order valence-electron chi connectivity index (χ2n) is 5.00. The quantitative estimate of drug-likeness (QED) is 0.846. The minimum atomic E-state index is -0.0958. The van der Waals surface area contributed by atoms with Gasteiger partial charge in [0.05, 0.1) is 7.11 Å². The summed E-state index contributed by atoms with van der Waals surface area (Å²) < 4.78 is 5.40. The van der Waals surface area contributed by atoms with E-state index in [1.54, 1.807) is 7.11 Å². The first-order chi connectivity index (χ1) is 8.14. The third kappa shape index (κ3) is 1.89. The molecule has 0 amide bonds. The van der Waals surface area contributed by atoms with Crippen LogP contribution in [0.2, 0.25) is 0 Å². The number of rotatable bonds is 3. The zero-order chi connectivity index (χ0) is 12.5. The lowest BCUT2D eigenvalue weighted by atomic mass is 9.77. The number of methoxy groups -OCH3 is 1. The molecule has 3 N–H and O–H groups in total. The average Bonchev–Trinajstić information content (AvgIpc) is 2.82. The van der Waals surface area contributed by atoms with Crippen molar-refractivity contribution < 1.29 is 9.84 Å². The van der Waals surface area contributed by atoms with Gasteiger partial charge in [-0.1, -0.05) is 18.9 Å². The summed E-state index contributed by atoms with van der Waals surface area (Å²) in [4.78, 5) is 0. The number of phenolic OH excluding ortho intramolecular Hbond substituents is 1. The fourth-order valence-electron chi connectivity index (χ4n) is 2.97. The van der Waals surface area contributed by atoms with E-state index in [0.717, 1.165) is 29.7 Å². The third-order valence-electron chi connectivity index (χ3n) is 4.04. The predicted octanol–water partition coefficient (Wildman–Crippen LogP) is 2.48. The monoisotopic (exact) mass is 235 g/mol. The van der Waals surface area contributed by atoms with Gasteiger partial charge in [0, 0.05) is 17.5 Å². The highest BCUT2D eigenvalue weighted by Crippen LogP contribution is 2.48. The number of aromatic hydroxyl groups is 1. The predicted molar refractivity (Wildman–Crippen MR) is 68.6 cm³/mol. The van der Waals surface area contributed by atoms with E-state index in [1.165, 1.54) is 12.8 Å². The molecule has 0 aliphatic heterocycles. The van der Waals surface area contributed by atoms with Gasteiger partial charge < -0.3 is 15.6 Å². The largest absolute Gasteiger partial charge is 0.507 e. The van der Waals surface area contributed by atoms with Crippen LogP contribution in [0.1, 0.15) is 36.8 Å². The van der Waals surface area contributed by atoms with Gasteiger partial charge in [-0.2, -0.15) is 0 Å². The Hall–Kier alpha value is -1.22. The van der Waals surface area contributed by atoms with Crippen LogP contribution >= 0.6 is 0 Å². The first-order valence-corrected chi connectivity index (χ1v) is 6.22. The van der Waals surface area contributed by atoms with Crippen molar-refractivity contribution in [1.29, 1.82) is 0 Å². The first-order valence-electron chi connectivity index (χ1n) is 6.22. The Balaban J connectivity index is 2.59. The average molecular weight is 235 g/mol. The molecule has 0 bridgehead atoms. The number of hydrogen-bond donors (Lipinski definition) is 2. The smallest absolute Gasteiger partial charge is 0.126 e. The van der Waals surface area contributed by atoms with Crippen molar-refractivity contribution in [3.8, 4) is 11.5 Å². The van der Waals surface area contributed by atoms with E-state index in [2.05, 4.69) is 0 Å². The van der Waals surface area contributed by atoms with Gasteiger partial charge in [-0.05, 0) is 31.4 Å². The summed E-state index contributed by atoms with van der Waals surface area (Å²) in [5.41, 5.74) is 7.69. The summed E-state index contributed by atoms with van der Waals surface area (Å²) >= 11 is 0. The first kappa shape index (κ1) is 12.2. The summed E-state index contributed by atoms with van der Waals surface area (Å²) in [7, 11) is 1.65. The molecule has 1 aliphatic rings. The maximum Gasteiger partial charge on any atom is 0.126 e. The van der Waals surface area contributed by atoms with Gasteiger partial charge in [-0.15, -0.1) is 0 Å². The van der Waals surface area contributed by atoms with Crippen LogP contribution in [0.15, 0.2) is 12.1 Å². The summed E-state index contributed by atoms with van der Waals surface area (Å²) in [6.07, 6.45) is 4.43. The molecule has 3 nitrogen and oxygen atoms in total. The highest BCUT2D eigenvalue weighted by Gasteiger charge is 2.39. The van der Waals surface area contributed by atoms with Crippen molar-refractivity contribution in [2.45, 2.75) is 38.0 Å². The van der Waals surface area contributed by atoms with E-state index in [1.807, 2.05) is 19.1 Å². The molecule has 17 heavy (non-hydrogen) atoms. The van der Waals surface area contributed by atoms with Crippen molar-refractivity contribution in [2.75, 3.05) is 13.7 Å². The highest BCUT2D eigenvalue weighted by molar-refractivity contribution is 5.53. The van der Waals surface area contributed by atoms with Crippen molar-refractivity contribution in [3.63, 3.8) is 0 Å². The molecule has 0 atom stereocenters. The summed E-state index contributed by atoms with van der Waals surface area (Å²) in [6.45, 7) is 2.48. The van der Waals surface area contributed by atoms with Crippen LogP contribution in [0.5, 0.6) is 11.5 Å². The Morgan fingerprint density at radius 2 is 2.00 bits per heavy atom. The van der Waals surface area contributed by atoms with E-state index in [0.29, 0.717) is 12.3 Å². The van der Waals surface area contributed by atoms with Crippen LogP contribution in [0.3, 0.4) is 0 Å². The van der Waals surface area contributed by atoms with Gasteiger partial charge in [0.15, 0.2) is 0 Å². The molecule has 0 unspecified atom stereocenters. The Labute approximate surface area is 103 Å². The normalized spacial score (nSPS) is 18.3. The van der Waals surface area contributed by atoms with Gasteiger partial charge in [-0.3, -0.25) is 0 Å². The van der Waals surface area contributed by atoms with Crippen molar-refractivity contribution in [3.05, 3.63) is 23.3 Å². The third-order valence-corrected chi connectivity index (χ3v) is 4.04. The van der Waals surface area contributed by atoms with Crippen LogP contribution in [-0.4, -0.2) is 18.8 Å². The molecule has 1 saturated carbocycles. The van der Waals surface area contributed by atoms with Gasteiger partial charge >= 0.3 is 0 Å². The number of nitrogens with two attached hydrogens (primary N) is 1. The van der Waals surface area contributed by atoms with Crippen molar-refractivity contribution >= 4 is 0 Å². The minimum absolute atomic E-state index is 0.0958. The molecular formula is C14H21NO2. The van der Waals surface area contributed by atoms with E-state index in [9.17, 15) is 5.11 Å². The lowest BCUT2D eigenvalue weighted by molar-refractivity contribution is 0.357. The molecule has 0 saturated heterocycles. The van der Waals surface area contributed by atoms with E-state index < -0.39 is 0 Å². The molecule has 2 rings (SSSR count). The van der Waals surface area contributed by atoms with E-state index in [4.69, 9.17) is 10.5 Å². The van der Waals surface area contributed by atoms with E-state index >= 15 is 0 Å². The van der Waals surface area contributed by atoms with Crippen LogP contribution in [0.4, 0.5) is 0 Å². The second kappa shape index (κ2) is 4.57. The number of phenols is 1. The Bertz CT molecular complexity index is 409. The molecule has 1 aromatic carbocycles. The van der Waals surface area contributed by atoms with Crippen LogP contribution in [0.25, 0.3) is 0 Å². The fourth-order valence-corrected chi connectivity index (χ4v) is 2.97. The molecule has 0 heterocycles. The molecule has 0 spiro atoms. The number of aryl methyl sites for hydroxylation is 1. The molecule has 0 aromatic heterocycles. The van der Waals surface area contributed by atoms with Crippen LogP contribution in [-0.2, 0) is 5.41 Å². The topological polar surface area (TPSA) is 55.5 Å². The molecular weight excluding hydrogens is 214 g/mol. The van der Waals surface area contributed by atoms with Gasteiger partial charge in [0.1, 0.15) is 11.5 Å². The minimum Gasteiger partial charge on any atom is -0.507 e. The molecule has 1 aliphatic carbocycles. The molecule has 0 radical (unpaired) electrons. The van der Waals surface area contributed by atoms with Gasteiger partial charge in [0.2, 0.25) is 0 Å². The number of ether oxygens (including phenoxy) is 1. The summed E-state index contributed by atoms with van der Waals surface area (Å²) in [6, 6.07) is 3.82. The van der Waals surface area contributed by atoms with E-state index in [-0.39, 0.29) is 5.41 Å². The number of hydrogen-bond acceptors (Lipinski definition) is 3. The maximum atomic E-state index is 10.3. The lowest BCUT2D eigenvalue weighted by Crippen LogP contribution is -2.32. The van der Waals surface area contributed by atoms with Gasteiger partial charge in [0.25, 0.3) is 0 Å². The zero-order valence-electron chi connectivity index (χ0n) is 10.6. The number of benzene rings is 1. The molecule has 1 aromatic rings. The second-order valence-corrected chi connectivity index (χ2v) is 5.00. The highest BCUT2D eigenvalue weighted by atomic mass is 16.5. The van der Waals surface area contributed by atoms with Gasteiger partial charge in [-0.25, -0.2) is 0 Å². The zero-order valence-corrected chi connectivity index (χ0v) is 10.6. The molecule has 3 heteroatoms. The molecule has 94 valence electrons. The molecule has 1 fully saturated rings. The lowest BCUT2D eigenvalue weighted by Gasteiger charge is -2.30. The maximum absolute atomic E-state index is 10.3. The van der Waals surface area contributed by atoms with Crippen molar-refractivity contribution in [1.82, 2.24) is 0 Å².